The van der Waals surface area contributed by atoms with Crippen LogP contribution in [0.5, 0.6) is 0 Å². The normalized spacial score (nSPS) is 15.7. The van der Waals surface area contributed by atoms with E-state index in [1.807, 2.05) is 17.0 Å². The molecular formula is C17H21ClN4O2. The second-order valence-corrected chi connectivity index (χ2v) is 6.68. The highest BCUT2D eigenvalue weighted by Crippen LogP contribution is 2.27. The Balaban J connectivity index is 1.51. The molecule has 0 aliphatic carbocycles. The summed E-state index contributed by atoms with van der Waals surface area (Å²) in [5.74, 6) is 1.10. The van der Waals surface area contributed by atoms with E-state index in [0.29, 0.717) is 23.2 Å². The Bertz CT molecular complexity index is 750. The van der Waals surface area contributed by atoms with E-state index >= 15 is 0 Å². The van der Waals surface area contributed by atoms with Gasteiger partial charge in [-0.2, -0.15) is 5.10 Å². The number of benzene rings is 1. The molecule has 2 aromatic rings. The van der Waals surface area contributed by atoms with Gasteiger partial charge in [-0.05, 0) is 37.3 Å². The maximum absolute atomic E-state index is 12.2. The summed E-state index contributed by atoms with van der Waals surface area (Å²) < 4.78 is 0. The molecule has 2 N–H and O–H groups in total. The molecule has 1 aromatic carbocycles. The number of carbonyl (C=O) groups is 2. The fourth-order valence-corrected chi connectivity index (χ4v) is 3.39. The third kappa shape index (κ3) is 3.70. The number of likely N-dealkylation sites (tertiary alicyclic amines) is 1. The molecule has 1 aromatic heterocycles. The summed E-state index contributed by atoms with van der Waals surface area (Å²) in [6.07, 6.45) is 3.22. The fourth-order valence-electron chi connectivity index (χ4n) is 3.17. The molecule has 0 radical (unpaired) electrons. The lowest BCUT2D eigenvalue weighted by Crippen LogP contribution is -2.37. The number of piperidine rings is 1. The van der Waals surface area contributed by atoms with Crippen LogP contribution in [0.1, 0.15) is 32.6 Å². The Morgan fingerprint density at radius 1 is 1.38 bits per heavy atom. The Morgan fingerprint density at radius 2 is 2.12 bits per heavy atom. The summed E-state index contributed by atoms with van der Waals surface area (Å²) in [5.41, 5.74) is 0.728. The standard InChI is InChI=1S/C17H21ClN4O2/c1-11(23)22-9-7-12(8-10-22)5-6-15(24)19-17-13-3-2-4-14(18)16(13)20-21-17/h2-4,12H,5-10H2,1H3,(H2,19,20,21,24). The molecule has 1 saturated heterocycles. The molecule has 1 aliphatic rings. The van der Waals surface area contributed by atoms with Gasteiger partial charge in [0.1, 0.15) is 0 Å². The maximum Gasteiger partial charge on any atom is 0.225 e. The molecule has 7 heteroatoms. The van der Waals surface area contributed by atoms with E-state index in [-0.39, 0.29) is 11.8 Å². The molecule has 0 unspecified atom stereocenters. The van der Waals surface area contributed by atoms with E-state index in [1.165, 1.54) is 0 Å². The first-order valence-corrected chi connectivity index (χ1v) is 8.60. The number of rotatable bonds is 4. The summed E-state index contributed by atoms with van der Waals surface area (Å²) in [6.45, 7) is 3.20. The van der Waals surface area contributed by atoms with Crippen LogP contribution in [0.25, 0.3) is 10.9 Å². The van der Waals surface area contributed by atoms with Crippen molar-refractivity contribution in [2.45, 2.75) is 32.6 Å². The van der Waals surface area contributed by atoms with Crippen molar-refractivity contribution >= 4 is 40.1 Å². The van der Waals surface area contributed by atoms with Crippen molar-refractivity contribution < 1.29 is 9.59 Å². The fraction of sp³-hybridized carbons (Fsp3) is 0.471. The van der Waals surface area contributed by atoms with Crippen molar-refractivity contribution in [1.82, 2.24) is 15.1 Å². The Morgan fingerprint density at radius 3 is 2.83 bits per heavy atom. The molecule has 0 bridgehead atoms. The van der Waals surface area contributed by atoms with Crippen molar-refractivity contribution in [3.8, 4) is 0 Å². The van der Waals surface area contributed by atoms with Gasteiger partial charge in [0, 0.05) is 31.8 Å². The van der Waals surface area contributed by atoms with Crippen LogP contribution in [0.2, 0.25) is 5.02 Å². The lowest BCUT2D eigenvalue weighted by molar-refractivity contribution is -0.130. The van der Waals surface area contributed by atoms with Gasteiger partial charge in [-0.3, -0.25) is 14.7 Å². The second kappa shape index (κ2) is 7.21. The van der Waals surface area contributed by atoms with Gasteiger partial charge in [0.2, 0.25) is 11.8 Å². The number of aromatic amines is 1. The number of H-pyrrole nitrogens is 1. The summed E-state index contributed by atoms with van der Waals surface area (Å²) in [5, 5.41) is 11.2. The monoisotopic (exact) mass is 348 g/mol. The number of nitrogens with zero attached hydrogens (tertiary/aromatic N) is 2. The smallest absolute Gasteiger partial charge is 0.225 e. The van der Waals surface area contributed by atoms with Crippen LogP contribution in [0.15, 0.2) is 18.2 Å². The van der Waals surface area contributed by atoms with Crippen molar-refractivity contribution in [3.05, 3.63) is 23.2 Å². The largest absolute Gasteiger partial charge is 0.343 e. The second-order valence-electron chi connectivity index (χ2n) is 6.27. The lowest BCUT2D eigenvalue weighted by Gasteiger charge is -2.31. The summed E-state index contributed by atoms with van der Waals surface area (Å²) in [4.78, 5) is 25.4. The predicted octanol–water partition coefficient (Wildman–Crippen LogP) is 3.19. The van der Waals surface area contributed by atoms with Crippen LogP contribution in [0.4, 0.5) is 5.82 Å². The summed E-state index contributed by atoms with van der Waals surface area (Å²) in [7, 11) is 0. The number of carbonyl (C=O) groups excluding carboxylic acids is 2. The van der Waals surface area contributed by atoms with Gasteiger partial charge < -0.3 is 10.2 Å². The highest BCUT2D eigenvalue weighted by Gasteiger charge is 2.21. The first-order valence-electron chi connectivity index (χ1n) is 8.22. The molecule has 1 fully saturated rings. The summed E-state index contributed by atoms with van der Waals surface area (Å²) >= 11 is 6.09. The van der Waals surface area contributed by atoms with Crippen LogP contribution in [-0.4, -0.2) is 40.0 Å². The molecule has 2 amide bonds. The van der Waals surface area contributed by atoms with E-state index in [2.05, 4.69) is 15.5 Å². The molecule has 24 heavy (non-hydrogen) atoms. The lowest BCUT2D eigenvalue weighted by atomic mass is 9.92. The van der Waals surface area contributed by atoms with E-state index in [4.69, 9.17) is 11.6 Å². The number of aromatic nitrogens is 2. The third-order valence-electron chi connectivity index (χ3n) is 4.65. The van der Waals surface area contributed by atoms with E-state index < -0.39 is 0 Å². The molecule has 3 rings (SSSR count). The van der Waals surface area contributed by atoms with Gasteiger partial charge in [0.25, 0.3) is 0 Å². The molecule has 2 heterocycles. The Labute approximate surface area is 145 Å². The zero-order valence-electron chi connectivity index (χ0n) is 13.6. The Kier molecular flexibility index (Phi) is 5.04. The Hall–Kier alpha value is -2.08. The number of hydrogen-bond acceptors (Lipinski definition) is 3. The van der Waals surface area contributed by atoms with Crippen molar-refractivity contribution in [2.24, 2.45) is 5.92 Å². The molecule has 6 nitrogen and oxygen atoms in total. The van der Waals surface area contributed by atoms with Gasteiger partial charge in [0.05, 0.1) is 10.5 Å². The third-order valence-corrected chi connectivity index (χ3v) is 4.96. The first-order chi connectivity index (χ1) is 11.5. The quantitative estimate of drug-likeness (QED) is 0.890. The average molecular weight is 349 g/mol. The maximum atomic E-state index is 12.2. The minimum atomic E-state index is -0.0441. The van der Waals surface area contributed by atoms with Crippen molar-refractivity contribution in [1.29, 1.82) is 0 Å². The molecule has 0 saturated carbocycles. The first kappa shape index (κ1) is 16.8. The van der Waals surface area contributed by atoms with Gasteiger partial charge in [-0.15, -0.1) is 0 Å². The molecular weight excluding hydrogens is 328 g/mol. The molecule has 0 atom stereocenters. The number of anilines is 1. The van der Waals surface area contributed by atoms with Crippen LogP contribution in [-0.2, 0) is 9.59 Å². The van der Waals surface area contributed by atoms with Crippen LogP contribution in [0, 0.1) is 5.92 Å². The van der Waals surface area contributed by atoms with Crippen LogP contribution >= 0.6 is 11.6 Å². The number of hydrogen-bond donors (Lipinski definition) is 2. The van der Waals surface area contributed by atoms with Gasteiger partial charge in [0.15, 0.2) is 5.82 Å². The molecule has 128 valence electrons. The van der Waals surface area contributed by atoms with Gasteiger partial charge in [-0.25, -0.2) is 0 Å². The average Bonchev–Trinajstić information content (AvgIpc) is 2.98. The van der Waals surface area contributed by atoms with Gasteiger partial charge >= 0.3 is 0 Å². The highest BCUT2D eigenvalue weighted by molar-refractivity contribution is 6.35. The van der Waals surface area contributed by atoms with E-state index in [0.717, 1.165) is 43.3 Å². The van der Waals surface area contributed by atoms with Crippen LogP contribution in [0.3, 0.4) is 0 Å². The number of nitrogens with one attached hydrogen (secondary N) is 2. The van der Waals surface area contributed by atoms with E-state index in [1.54, 1.807) is 13.0 Å². The van der Waals surface area contributed by atoms with E-state index in [9.17, 15) is 9.59 Å². The number of para-hydroxylation sites is 1. The topological polar surface area (TPSA) is 78.1 Å². The zero-order valence-corrected chi connectivity index (χ0v) is 14.4. The minimum Gasteiger partial charge on any atom is -0.343 e. The van der Waals surface area contributed by atoms with Crippen molar-refractivity contribution in [2.75, 3.05) is 18.4 Å². The summed E-state index contributed by atoms with van der Waals surface area (Å²) in [6, 6.07) is 5.48. The number of amides is 2. The molecule has 1 aliphatic heterocycles. The number of fused-ring (bicyclic) bond motifs is 1. The minimum absolute atomic E-state index is 0.0441. The van der Waals surface area contributed by atoms with Crippen LogP contribution < -0.4 is 5.32 Å². The highest BCUT2D eigenvalue weighted by atomic mass is 35.5. The molecule has 0 spiro atoms. The number of halogens is 1. The van der Waals surface area contributed by atoms with Crippen molar-refractivity contribution in [3.63, 3.8) is 0 Å². The zero-order chi connectivity index (χ0) is 17.1. The van der Waals surface area contributed by atoms with Gasteiger partial charge in [-0.1, -0.05) is 17.7 Å². The SMILES string of the molecule is CC(=O)N1CCC(CCC(=O)Nc2n[nH]c3c(Cl)cccc23)CC1. The predicted molar refractivity (Wildman–Crippen MR) is 93.9 cm³/mol.